The van der Waals surface area contributed by atoms with E-state index in [0.29, 0.717) is 23.0 Å². The van der Waals surface area contributed by atoms with Crippen LogP contribution in [-0.2, 0) is 16.0 Å². The molecule has 4 nitrogen and oxygen atoms in total. The SMILES string of the molecule is COc1ccc(/C=C2/N=C(Cc3ccc(Cl)cc3)OC2=O)cc1C. The molecule has 0 amide bonds. The summed E-state index contributed by atoms with van der Waals surface area (Å²) in [4.78, 5) is 16.3. The molecular weight excluding hydrogens is 326 g/mol. The van der Waals surface area contributed by atoms with Crippen LogP contribution < -0.4 is 4.74 Å². The van der Waals surface area contributed by atoms with Crippen LogP contribution in [0.3, 0.4) is 0 Å². The molecule has 122 valence electrons. The summed E-state index contributed by atoms with van der Waals surface area (Å²) in [6.07, 6.45) is 2.16. The molecule has 5 heteroatoms. The van der Waals surface area contributed by atoms with Gasteiger partial charge in [-0.15, -0.1) is 0 Å². The lowest BCUT2D eigenvalue weighted by Gasteiger charge is -2.04. The average Bonchev–Trinajstić information content (AvgIpc) is 2.89. The standard InChI is InChI=1S/C19H16ClNO3/c1-12-9-14(5-8-17(12)23-2)10-16-19(22)24-18(21-16)11-13-3-6-15(20)7-4-13/h3-10H,11H2,1-2H3/b16-10+. The molecule has 2 aromatic carbocycles. The molecule has 3 rings (SSSR count). The number of nitrogens with zero attached hydrogens (tertiary/aromatic N) is 1. The number of aryl methyl sites for hydroxylation is 1. The lowest BCUT2D eigenvalue weighted by Crippen LogP contribution is -2.06. The monoisotopic (exact) mass is 341 g/mol. The number of ether oxygens (including phenoxy) is 2. The molecule has 1 aliphatic rings. The molecule has 0 unspecified atom stereocenters. The molecule has 0 fully saturated rings. The van der Waals surface area contributed by atoms with Gasteiger partial charge in [0.25, 0.3) is 0 Å². The number of esters is 1. The van der Waals surface area contributed by atoms with Gasteiger partial charge in [0, 0.05) is 11.4 Å². The van der Waals surface area contributed by atoms with Gasteiger partial charge in [-0.05, 0) is 54.0 Å². The van der Waals surface area contributed by atoms with Gasteiger partial charge in [0.05, 0.1) is 7.11 Å². The van der Waals surface area contributed by atoms with Crippen LogP contribution in [0.2, 0.25) is 5.02 Å². The van der Waals surface area contributed by atoms with Crippen LogP contribution in [0.1, 0.15) is 16.7 Å². The minimum Gasteiger partial charge on any atom is -0.496 e. The summed E-state index contributed by atoms with van der Waals surface area (Å²) in [6.45, 7) is 1.95. The van der Waals surface area contributed by atoms with Gasteiger partial charge in [-0.2, -0.15) is 0 Å². The summed E-state index contributed by atoms with van der Waals surface area (Å²) in [5, 5.41) is 0.666. The molecule has 0 spiro atoms. The Labute approximate surface area is 145 Å². The van der Waals surface area contributed by atoms with Crippen molar-refractivity contribution in [1.29, 1.82) is 0 Å². The Kier molecular flexibility index (Phi) is 4.67. The van der Waals surface area contributed by atoms with E-state index in [9.17, 15) is 4.79 Å². The first-order valence-electron chi connectivity index (χ1n) is 7.45. The molecular formula is C19H16ClNO3. The summed E-state index contributed by atoms with van der Waals surface area (Å²) in [7, 11) is 1.63. The zero-order valence-electron chi connectivity index (χ0n) is 13.4. The van der Waals surface area contributed by atoms with Gasteiger partial charge < -0.3 is 9.47 Å². The van der Waals surface area contributed by atoms with E-state index >= 15 is 0 Å². The highest BCUT2D eigenvalue weighted by molar-refractivity contribution is 6.30. The molecule has 0 saturated heterocycles. The highest BCUT2D eigenvalue weighted by atomic mass is 35.5. The second kappa shape index (κ2) is 6.89. The molecule has 0 saturated carbocycles. The van der Waals surface area contributed by atoms with Gasteiger partial charge >= 0.3 is 5.97 Å². The van der Waals surface area contributed by atoms with Crippen molar-refractivity contribution in [3.05, 3.63) is 69.9 Å². The van der Waals surface area contributed by atoms with Crippen LogP contribution in [0.25, 0.3) is 6.08 Å². The molecule has 1 heterocycles. The summed E-state index contributed by atoms with van der Waals surface area (Å²) >= 11 is 5.87. The minimum absolute atomic E-state index is 0.295. The fourth-order valence-corrected chi connectivity index (χ4v) is 2.58. The average molecular weight is 342 g/mol. The number of benzene rings is 2. The first kappa shape index (κ1) is 16.3. The van der Waals surface area contributed by atoms with Gasteiger partial charge in [0.2, 0.25) is 5.90 Å². The van der Waals surface area contributed by atoms with Crippen LogP contribution in [0.4, 0.5) is 0 Å². The van der Waals surface area contributed by atoms with Crippen LogP contribution in [-0.4, -0.2) is 19.0 Å². The molecule has 0 bridgehead atoms. The number of halogens is 1. The van der Waals surface area contributed by atoms with Gasteiger partial charge in [0.15, 0.2) is 5.70 Å². The fourth-order valence-electron chi connectivity index (χ4n) is 2.46. The third kappa shape index (κ3) is 3.66. The van der Waals surface area contributed by atoms with Crippen molar-refractivity contribution in [1.82, 2.24) is 0 Å². The van der Waals surface area contributed by atoms with E-state index in [4.69, 9.17) is 21.1 Å². The quantitative estimate of drug-likeness (QED) is 0.618. The Bertz CT molecular complexity index is 838. The van der Waals surface area contributed by atoms with E-state index in [1.54, 1.807) is 25.3 Å². The summed E-state index contributed by atoms with van der Waals surface area (Å²) in [6, 6.07) is 13.0. The van der Waals surface area contributed by atoms with E-state index in [2.05, 4.69) is 4.99 Å². The van der Waals surface area contributed by atoms with E-state index < -0.39 is 5.97 Å². The first-order chi connectivity index (χ1) is 11.5. The Balaban J connectivity index is 1.80. The maximum Gasteiger partial charge on any atom is 0.363 e. The second-order valence-electron chi connectivity index (χ2n) is 5.46. The lowest BCUT2D eigenvalue weighted by atomic mass is 10.1. The van der Waals surface area contributed by atoms with Gasteiger partial charge in [-0.1, -0.05) is 29.8 Å². The summed E-state index contributed by atoms with van der Waals surface area (Å²) in [5.74, 6) is 0.754. The summed E-state index contributed by atoms with van der Waals surface area (Å²) < 4.78 is 10.5. The maximum atomic E-state index is 12.0. The number of carbonyl (C=O) groups is 1. The van der Waals surface area contributed by atoms with Gasteiger partial charge in [0.1, 0.15) is 5.75 Å². The minimum atomic E-state index is -0.438. The lowest BCUT2D eigenvalue weighted by molar-refractivity contribution is -0.130. The highest BCUT2D eigenvalue weighted by Gasteiger charge is 2.23. The third-order valence-corrected chi connectivity index (χ3v) is 3.91. The summed E-state index contributed by atoms with van der Waals surface area (Å²) in [5.41, 5.74) is 3.14. The zero-order valence-corrected chi connectivity index (χ0v) is 14.1. The van der Waals surface area contributed by atoms with Crippen LogP contribution in [0, 0.1) is 6.92 Å². The topological polar surface area (TPSA) is 47.9 Å². The number of rotatable bonds is 4. The Morgan fingerprint density at radius 3 is 2.62 bits per heavy atom. The number of methoxy groups -OCH3 is 1. The number of hydrogen-bond acceptors (Lipinski definition) is 4. The van der Waals surface area contributed by atoms with Crippen LogP contribution >= 0.6 is 11.6 Å². The first-order valence-corrected chi connectivity index (χ1v) is 7.83. The number of cyclic esters (lactones) is 1. The van der Waals surface area contributed by atoms with Crippen molar-refractivity contribution in [2.75, 3.05) is 7.11 Å². The van der Waals surface area contributed by atoms with Crippen molar-refractivity contribution < 1.29 is 14.3 Å². The molecule has 2 aromatic rings. The van der Waals surface area contributed by atoms with Gasteiger partial charge in [-0.3, -0.25) is 0 Å². The predicted octanol–water partition coefficient (Wildman–Crippen LogP) is 4.20. The van der Waals surface area contributed by atoms with Crippen LogP contribution in [0.15, 0.2) is 53.2 Å². The fraction of sp³-hybridized carbons (Fsp3) is 0.158. The van der Waals surface area contributed by atoms with E-state index in [-0.39, 0.29) is 0 Å². The van der Waals surface area contributed by atoms with Crippen molar-refractivity contribution in [2.45, 2.75) is 13.3 Å². The van der Waals surface area contributed by atoms with Crippen molar-refractivity contribution >= 4 is 29.5 Å². The predicted molar refractivity (Wildman–Crippen MR) is 94.4 cm³/mol. The Morgan fingerprint density at radius 2 is 1.96 bits per heavy atom. The third-order valence-electron chi connectivity index (χ3n) is 3.66. The van der Waals surface area contributed by atoms with E-state index in [1.807, 2.05) is 37.3 Å². The normalized spacial score (nSPS) is 15.4. The molecule has 0 atom stereocenters. The van der Waals surface area contributed by atoms with Gasteiger partial charge in [-0.25, -0.2) is 9.79 Å². The van der Waals surface area contributed by atoms with Crippen molar-refractivity contribution in [3.63, 3.8) is 0 Å². The molecule has 0 radical (unpaired) electrons. The number of aliphatic imine (C=N–C) groups is 1. The van der Waals surface area contributed by atoms with E-state index in [0.717, 1.165) is 22.4 Å². The second-order valence-corrected chi connectivity index (χ2v) is 5.89. The number of carbonyl (C=O) groups excluding carboxylic acids is 1. The highest BCUT2D eigenvalue weighted by Crippen LogP contribution is 2.22. The number of hydrogen-bond donors (Lipinski definition) is 0. The molecule has 0 aliphatic carbocycles. The molecule has 0 N–H and O–H groups in total. The van der Waals surface area contributed by atoms with Crippen molar-refractivity contribution in [2.24, 2.45) is 4.99 Å². The Hall–Kier alpha value is -2.59. The largest absolute Gasteiger partial charge is 0.496 e. The molecule has 24 heavy (non-hydrogen) atoms. The van der Waals surface area contributed by atoms with Crippen molar-refractivity contribution in [3.8, 4) is 5.75 Å². The van der Waals surface area contributed by atoms with E-state index in [1.165, 1.54) is 0 Å². The van der Waals surface area contributed by atoms with Crippen LogP contribution in [0.5, 0.6) is 5.75 Å². The maximum absolute atomic E-state index is 12.0. The smallest absolute Gasteiger partial charge is 0.363 e. The molecule has 1 aliphatic heterocycles. The zero-order chi connectivity index (χ0) is 17.1. The molecule has 0 aromatic heterocycles. The Morgan fingerprint density at radius 1 is 1.21 bits per heavy atom.